The van der Waals surface area contributed by atoms with Crippen molar-refractivity contribution >= 4 is 27.2 Å². The molecule has 0 spiro atoms. The first-order valence-corrected chi connectivity index (χ1v) is 10.6. The van der Waals surface area contributed by atoms with E-state index in [1.165, 1.54) is 38.8 Å². The summed E-state index contributed by atoms with van der Waals surface area (Å²) in [4.78, 5) is 2.62. The first-order valence-electron chi connectivity index (χ1n) is 9.75. The summed E-state index contributed by atoms with van der Waals surface area (Å²) >= 11 is 1.63. The first kappa shape index (κ1) is 17.0. The second-order valence-electron chi connectivity index (χ2n) is 7.69. The third-order valence-electron chi connectivity index (χ3n) is 6.02. The number of anilines is 1. The third kappa shape index (κ3) is 2.97. The van der Waals surface area contributed by atoms with Crippen LogP contribution in [0.25, 0.3) is 21.3 Å². The van der Waals surface area contributed by atoms with Gasteiger partial charge in [-0.25, -0.2) is 0 Å². The highest BCUT2D eigenvalue weighted by Gasteiger charge is 2.34. The highest BCUT2D eigenvalue weighted by atomic mass is 32.1. The Labute approximate surface area is 163 Å². The summed E-state index contributed by atoms with van der Waals surface area (Å²) in [7, 11) is 0. The van der Waals surface area contributed by atoms with E-state index >= 15 is 0 Å². The van der Waals surface area contributed by atoms with E-state index in [0.717, 1.165) is 32.7 Å². The molecule has 2 aliphatic rings. The average molecular weight is 381 g/mol. The number of hydrogen-bond donors (Lipinski definition) is 2. The van der Waals surface area contributed by atoms with Crippen molar-refractivity contribution < 1.29 is 5.11 Å². The van der Waals surface area contributed by atoms with Crippen LogP contribution in [0, 0.1) is 6.92 Å². The molecule has 6 heteroatoms. The smallest absolute Gasteiger partial charge is 0.149 e. The van der Waals surface area contributed by atoms with Gasteiger partial charge in [0.05, 0.1) is 5.69 Å². The number of nitrogens with one attached hydrogen (secondary N) is 1. The summed E-state index contributed by atoms with van der Waals surface area (Å²) in [6.45, 7) is 4.50. The second-order valence-corrected chi connectivity index (χ2v) is 8.64. The van der Waals surface area contributed by atoms with E-state index in [9.17, 15) is 5.11 Å². The summed E-state index contributed by atoms with van der Waals surface area (Å²) in [5, 5.41) is 26.1. The van der Waals surface area contributed by atoms with Crippen molar-refractivity contribution in [2.75, 3.05) is 18.4 Å². The monoisotopic (exact) mass is 380 g/mol. The van der Waals surface area contributed by atoms with E-state index in [-0.39, 0.29) is 0 Å². The molecule has 2 saturated heterocycles. The molecule has 140 valence electrons. The van der Waals surface area contributed by atoms with Gasteiger partial charge < -0.3 is 10.4 Å². The van der Waals surface area contributed by atoms with Crippen LogP contribution in [0.1, 0.15) is 31.2 Å². The number of thiophene rings is 1. The molecule has 0 unspecified atom stereocenters. The van der Waals surface area contributed by atoms with Gasteiger partial charge in [0.2, 0.25) is 0 Å². The predicted molar refractivity (Wildman–Crippen MR) is 110 cm³/mol. The molecule has 2 aliphatic heterocycles. The van der Waals surface area contributed by atoms with Crippen LogP contribution in [0.15, 0.2) is 29.6 Å². The Morgan fingerprint density at radius 2 is 2.00 bits per heavy atom. The first-order chi connectivity index (χ1) is 13.2. The Bertz CT molecular complexity index is 985. The molecule has 4 heterocycles. The SMILES string of the molecule is Cc1cc(N[C@H]2CCCN3CCC[C@@H]23)nnc1-c1ccc2sccc2c1O. The van der Waals surface area contributed by atoms with Gasteiger partial charge in [0.15, 0.2) is 0 Å². The number of rotatable bonds is 3. The number of benzene rings is 1. The van der Waals surface area contributed by atoms with Crippen LogP contribution >= 0.6 is 11.3 Å². The van der Waals surface area contributed by atoms with E-state index in [1.54, 1.807) is 11.3 Å². The van der Waals surface area contributed by atoms with E-state index in [2.05, 4.69) is 26.5 Å². The lowest BCUT2D eigenvalue weighted by Crippen LogP contribution is -2.47. The molecule has 3 aromatic rings. The van der Waals surface area contributed by atoms with Gasteiger partial charge in [-0.3, -0.25) is 4.90 Å². The summed E-state index contributed by atoms with van der Waals surface area (Å²) in [6, 6.07) is 9.08. The zero-order valence-corrected chi connectivity index (χ0v) is 16.3. The topological polar surface area (TPSA) is 61.3 Å². The maximum Gasteiger partial charge on any atom is 0.149 e. The van der Waals surface area contributed by atoms with Gasteiger partial charge in [-0.2, -0.15) is 0 Å². The van der Waals surface area contributed by atoms with Crippen LogP contribution in [-0.2, 0) is 0 Å². The van der Waals surface area contributed by atoms with E-state index in [0.29, 0.717) is 17.8 Å². The minimum atomic E-state index is 0.292. The number of fused-ring (bicyclic) bond motifs is 2. The molecule has 0 aliphatic carbocycles. The minimum absolute atomic E-state index is 0.292. The number of aromatic nitrogens is 2. The standard InChI is InChI=1S/C21H24N4OS/c1-13-12-19(22-16-4-2-9-25-10-3-5-17(16)25)23-24-20(13)15-6-7-18-14(21(15)26)8-11-27-18/h6-8,11-12,16-17,26H,2-5,9-10H2,1H3,(H,22,23)/t16-,17-/m0/s1. The molecular formula is C21H24N4OS. The van der Waals surface area contributed by atoms with Gasteiger partial charge in [-0.05, 0) is 80.9 Å². The number of piperidine rings is 1. The number of phenols is 1. The molecule has 2 fully saturated rings. The van der Waals surface area contributed by atoms with E-state index in [4.69, 9.17) is 0 Å². The van der Waals surface area contributed by atoms with Crippen molar-refractivity contribution in [3.8, 4) is 17.0 Å². The van der Waals surface area contributed by atoms with Crippen LogP contribution < -0.4 is 5.32 Å². The molecule has 27 heavy (non-hydrogen) atoms. The van der Waals surface area contributed by atoms with Crippen LogP contribution in [0.4, 0.5) is 5.82 Å². The average Bonchev–Trinajstić information content (AvgIpc) is 3.33. The van der Waals surface area contributed by atoms with Crippen LogP contribution in [0.3, 0.4) is 0 Å². The summed E-state index contributed by atoms with van der Waals surface area (Å²) in [6.07, 6.45) is 5.01. The molecule has 1 aromatic carbocycles. The van der Waals surface area contributed by atoms with Crippen molar-refractivity contribution in [2.24, 2.45) is 0 Å². The fraction of sp³-hybridized carbons (Fsp3) is 0.429. The number of aromatic hydroxyl groups is 1. The van der Waals surface area contributed by atoms with Gasteiger partial charge in [0.1, 0.15) is 11.6 Å². The van der Waals surface area contributed by atoms with E-state index < -0.39 is 0 Å². The lowest BCUT2D eigenvalue weighted by Gasteiger charge is -2.37. The Kier molecular flexibility index (Phi) is 4.25. The van der Waals surface area contributed by atoms with Crippen molar-refractivity contribution in [3.63, 3.8) is 0 Å². The van der Waals surface area contributed by atoms with E-state index in [1.807, 2.05) is 30.5 Å². The van der Waals surface area contributed by atoms with Gasteiger partial charge >= 0.3 is 0 Å². The van der Waals surface area contributed by atoms with Gasteiger partial charge in [-0.15, -0.1) is 21.5 Å². The normalized spacial score (nSPS) is 22.9. The lowest BCUT2D eigenvalue weighted by atomic mass is 9.96. The second kappa shape index (κ2) is 6.77. The van der Waals surface area contributed by atoms with Crippen LogP contribution in [0.5, 0.6) is 5.75 Å². The quantitative estimate of drug-likeness (QED) is 0.705. The summed E-state index contributed by atoms with van der Waals surface area (Å²) < 4.78 is 1.08. The van der Waals surface area contributed by atoms with Crippen LogP contribution in [0.2, 0.25) is 0 Å². The largest absolute Gasteiger partial charge is 0.507 e. The maximum atomic E-state index is 10.7. The molecule has 2 atom stereocenters. The molecule has 0 bridgehead atoms. The molecule has 0 amide bonds. The lowest BCUT2D eigenvalue weighted by molar-refractivity contribution is 0.183. The number of nitrogens with zero attached hydrogens (tertiary/aromatic N) is 3. The van der Waals surface area contributed by atoms with Crippen molar-refractivity contribution in [2.45, 2.75) is 44.7 Å². The Morgan fingerprint density at radius 3 is 2.85 bits per heavy atom. The molecule has 0 saturated carbocycles. The Morgan fingerprint density at radius 1 is 1.15 bits per heavy atom. The fourth-order valence-electron chi connectivity index (χ4n) is 4.69. The van der Waals surface area contributed by atoms with Crippen molar-refractivity contribution in [3.05, 3.63) is 35.2 Å². The Hall–Kier alpha value is -2.18. The molecule has 5 rings (SSSR count). The zero-order valence-electron chi connectivity index (χ0n) is 15.5. The number of aryl methyl sites for hydroxylation is 1. The summed E-state index contributed by atoms with van der Waals surface area (Å²) in [5.41, 5.74) is 2.52. The van der Waals surface area contributed by atoms with Gasteiger partial charge in [0, 0.05) is 27.7 Å². The van der Waals surface area contributed by atoms with Gasteiger partial charge in [-0.1, -0.05) is 0 Å². The summed E-state index contributed by atoms with van der Waals surface area (Å²) in [5.74, 6) is 1.13. The molecule has 0 radical (unpaired) electrons. The van der Waals surface area contributed by atoms with Crippen molar-refractivity contribution in [1.82, 2.24) is 15.1 Å². The molecule has 2 N–H and O–H groups in total. The zero-order chi connectivity index (χ0) is 18.4. The maximum absolute atomic E-state index is 10.7. The highest BCUT2D eigenvalue weighted by molar-refractivity contribution is 7.17. The molecular weight excluding hydrogens is 356 g/mol. The van der Waals surface area contributed by atoms with Crippen LogP contribution in [-0.4, -0.2) is 45.4 Å². The Balaban J connectivity index is 1.42. The predicted octanol–water partition coefficient (Wildman–Crippen LogP) is 4.41. The molecule has 5 nitrogen and oxygen atoms in total. The number of phenolic OH excluding ortho intramolecular Hbond substituents is 1. The molecule has 2 aromatic heterocycles. The van der Waals surface area contributed by atoms with Crippen molar-refractivity contribution in [1.29, 1.82) is 0 Å². The number of hydrogen-bond acceptors (Lipinski definition) is 6. The van der Waals surface area contributed by atoms with Gasteiger partial charge in [0.25, 0.3) is 0 Å². The fourth-order valence-corrected chi connectivity index (χ4v) is 5.48. The third-order valence-corrected chi connectivity index (χ3v) is 6.90. The highest BCUT2D eigenvalue weighted by Crippen LogP contribution is 2.38. The minimum Gasteiger partial charge on any atom is -0.507 e.